The first kappa shape index (κ1) is 17.2. The Labute approximate surface area is 119 Å². The summed E-state index contributed by atoms with van der Waals surface area (Å²) in [5.41, 5.74) is 6.07. The van der Waals surface area contributed by atoms with Crippen molar-refractivity contribution in [2.24, 2.45) is 5.73 Å². The molecule has 0 fully saturated rings. The molecule has 0 saturated heterocycles. The molecule has 3 N–H and O–H groups in total. The number of hydrogen-bond acceptors (Lipinski definition) is 3. The van der Waals surface area contributed by atoms with Crippen molar-refractivity contribution in [3.8, 4) is 5.75 Å². The largest absolute Gasteiger partial charge is 0.483 e. The fourth-order valence-electron chi connectivity index (χ4n) is 1.59. The van der Waals surface area contributed by atoms with Crippen molar-refractivity contribution in [3.63, 3.8) is 0 Å². The highest BCUT2D eigenvalue weighted by atomic mass is 19.4. The van der Waals surface area contributed by atoms with E-state index in [-0.39, 0.29) is 11.8 Å². The fourth-order valence-corrected chi connectivity index (χ4v) is 1.59. The maximum atomic E-state index is 13.1. The Bertz CT molecular complexity index is 490. The summed E-state index contributed by atoms with van der Waals surface area (Å²) in [6.07, 6.45) is -4.16. The molecule has 1 unspecified atom stereocenters. The van der Waals surface area contributed by atoms with E-state index in [1.54, 1.807) is 12.2 Å². The highest BCUT2D eigenvalue weighted by molar-refractivity contribution is 5.77. The summed E-state index contributed by atoms with van der Waals surface area (Å²) >= 11 is 0. The van der Waals surface area contributed by atoms with Crippen molar-refractivity contribution in [1.82, 2.24) is 5.32 Å². The second-order valence-electron chi connectivity index (χ2n) is 4.61. The number of hydrogen-bond donors (Lipinski definition) is 2. The lowest BCUT2D eigenvalue weighted by Gasteiger charge is -2.13. The summed E-state index contributed by atoms with van der Waals surface area (Å²) in [5.74, 6) is -1.18. The smallest absolute Gasteiger partial charge is 0.405 e. The van der Waals surface area contributed by atoms with Crippen LogP contribution < -0.4 is 15.8 Å². The predicted molar refractivity (Wildman–Crippen MR) is 68.3 cm³/mol. The molecule has 1 rings (SSSR count). The van der Waals surface area contributed by atoms with Crippen LogP contribution in [0.15, 0.2) is 18.2 Å². The lowest BCUT2D eigenvalue weighted by Crippen LogP contribution is -2.36. The van der Waals surface area contributed by atoms with E-state index < -0.39 is 31.1 Å². The van der Waals surface area contributed by atoms with Crippen molar-refractivity contribution in [1.29, 1.82) is 0 Å². The molecule has 1 aromatic rings. The van der Waals surface area contributed by atoms with Crippen LogP contribution in [0.5, 0.6) is 5.75 Å². The van der Waals surface area contributed by atoms with Crippen LogP contribution in [0.4, 0.5) is 17.6 Å². The van der Waals surface area contributed by atoms with Crippen LogP contribution in [0.3, 0.4) is 0 Å². The van der Waals surface area contributed by atoms with Gasteiger partial charge in [-0.3, -0.25) is 4.79 Å². The van der Waals surface area contributed by atoms with Crippen molar-refractivity contribution in [2.45, 2.75) is 25.6 Å². The van der Waals surface area contributed by atoms with E-state index in [4.69, 9.17) is 10.5 Å². The van der Waals surface area contributed by atoms with Gasteiger partial charge in [0.05, 0.1) is 0 Å². The average molecular weight is 308 g/mol. The van der Waals surface area contributed by atoms with Crippen LogP contribution in [-0.4, -0.2) is 31.3 Å². The number of carbonyl (C=O) groups excluding carboxylic acids is 1. The molecule has 1 amide bonds. The molecule has 0 aromatic heterocycles. The molecule has 0 radical (unpaired) electrons. The summed E-state index contributed by atoms with van der Waals surface area (Å²) in [7, 11) is 0. The second-order valence-corrected chi connectivity index (χ2v) is 4.61. The SMILES string of the molecule is CC(N)Cc1cc(F)ccc1OCC(=O)NCC(F)(F)F. The van der Waals surface area contributed by atoms with Crippen molar-refractivity contribution in [2.75, 3.05) is 13.2 Å². The van der Waals surface area contributed by atoms with Crippen LogP contribution >= 0.6 is 0 Å². The Morgan fingerprint density at radius 3 is 2.67 bits per heavy atom. The van der Waals surface area contributed by atoms with Crippen molar-refractivity contribution >= 4 is 5.91 Å². The molecule has 1 aromatic carbocycles. The highest BCUT2D eigenvalue weighted by Gasteiger charge is 2.27. The van der Waals surface area contributed by atoms with Gasteiger partial charge < -0.3 is 15.8 Å². The first-order valence-corrected chi connectivity index (χ1v) is 6.17. The number of nitrogens with one attached hydrogen (secondary N) is 1. The van der Waals surface area contributed by atoms with Crippen LogP contribution in [0, 0.1) is 5.82 Å². The Morgan fingerprint density at radius 1 is 1.43 bits per heavy atom. The Balaban J connectivity index is 2.60. The van der Waals surface area contributed by atoms with Crippen molar-refractivity contribution in [3.05, 3.63) is 29.6 Å². The first-order valence-electron chi connectivity index (χ1n) is 6.17. The van der Waals surface area contributed by atoms with Gasteiger partial charge in [-0.25, -0.2) is 4.39 Å². The van der Waals surface area contributed by atoms with E-state index in [1.807, 2.05) is 0 Å². The molecular weight excluding hydrogens is 292 g/mol. The molecule has 0 bridgehead atoms. The number of halogens is 4. The topological polar surface area (TPSA) is 64.3 Å². The van der Waals surface area contributed by atoms with Gasteiger partial charge in [0.15, 0.2) is 6.61 Å². The molecule has 21 heavy (non-hydrogen) atoms. The third-order valence-corrected chi connectivity index (χ3v) is 2.41. The average Bonchev–Trinajstić information content (AvgIpc) is 2.34. The molecule has 0 aliphatic carbocycles. The number of carbonyl (C=O) groups is 1. The number of ether oxygens (including phenoxy) is 1. The molecule has 4 nitrogen and oxygen atoms in total. The number of alkyl halides is 3. The zero-order valence-corrected chi connectivity index (χ0v) is 11.3. The predicted octanol–water partition coefficient (Wildman–Crippen LogP) is 1.77. The lowest BCUT2D eigenvalue weighted by molar-refractivity contribution is -0.139. The first-order chi connectivity index (χ1) is 9.67. The zero-order valence-electron chi connectivity index (χ0n) is 11.3. The number of rotatable bonds is 6. The van der Waals surface area contributed by atoms with Gasteiger partial charge in [0.25, 0.3) is 5.91 Å². The minimum atomic E-state index is -4.48. The molecule has 1 atom stereocenters. The molecular formula is C13H16F4N2O2. The quantitative estimate of drug-likeness (QED) is 0.787. The molecule has 0 aliphatic heterocycles. The monoisotopic (exact) mass is 308 g/mol. The highest BCUT2D eigenvalue weighted by Crippen LogP contribution is 2.21. The van der Waals surface area contributed by atoms with Crippen LogP contribution in [0.1, 0.15) is 12.5 Å². The minimum Gasteiger partial charge on any atom is -0.483 e. The number of benzene rings is 1. The maximum absolute atomic E-state index is 13.1. The van der Waals surface area contributed by atoms with Crippen molar-refractivity contribution < 1.29 is 27.1 Å². The molecule has 0 heterocycles. The third kappa shape index (κ3) is 6.94. The van der Waals surface area contributed by atoms with Gasteiger partial charge in [-0.1, -0.05) is 0 Å². The van der Waals surface area contributed by atoms with E-state index in [0.29, 0.717) is 12.0 Å². The van der Waals surface area contributed by atoms with Crippen LogP contribution in [0.2, 0.25) is 0 Å². The molecule has 0 spiro atoms. The van der Waals surface area contributed by atoms with Gasteiger partial charge >= 0.3 is 6.18 Å². The number of nitrogens with two attached hydrogens (primary N) is 1. The van der Waals surface area contributed by atoms with Gasteiger partial charge in [-0.05, 0) is 37.1 Å². The van der Waals surface area contributed by atoms with Gasteiger partial charge in [0, 0.05) is 6.04 Å². The van der Waals surface area contributed by atoms with Gasteiger partial charge in [0.1, 0.15) is 18.1 Å². The van der Waals surface area contributed by atoms with E-state index in [1.165, 1.54) is 12.1 Å². The van der Waals surface area contributed by atoms with Crippen LogP contribution in [0.25, 0.3) is 0 Å². The van der Waals surface area contributed by atoms with Gasteiger partial charge in [-0.2, -0.15) is 13.2 Å². The van der Waals surface area contributed by atoms with E-state index in [9.17, 15) is 22.4 Å². The van der Waals surface area contributed by atoms with Gasteiger partial charge in [-0.15, -0.1) is 0 Å². The fraction of sp³-hybridized carbons (Fsp3) is 0.462. The summed E-state index contributed by atoms with van der Waals surface area (Å²) in [6, 6.07) is 3.40. The Hall–Kier alpha value is -1.83. The van der Waals surface area contributed by atoms with E-state index >= 15 is 0 Å². The minimum absolute atomic E-state index is 0.218. The molecule has 0 saturated carbocycles. The number of amides is 1. The normalized spacial score (nSPS) is 12.9. The van der Waals surface area contributed by atoms with E-state index in [0.717, 1.165) is 6.07 Å². The second kappa shape index (κ2) is 7.26. The zero-order chi connectivity index (χ0) is 16.0. The summed E-state index contributed by atoms with van der Waals surface area (Å²) in [4.78, 5) is 11.2. The van der Waals surface area contributed by atoms with Crippen LogP contribution in [-0.2, 0) is 11.2 Å². The Kier molecular flexibility index (Phi) is 5.95. The van der Waals surface area contributed by atoms with Gasteiger partial charge in [0.2, 0.25) is 0 Å². The summed E-state index contributed by atoms with van der Waals surface area (Å²) in [6.45, 7) is -0.302. The third-order valence-electron chi connectivity index (χ3n) is 2.41. The lowest BCUT2D eigenvalue weighted by atomic mass is 10.1. The molecule has 0 aliphatic rings. The molecule has 8 heteroatoms. The summed E-state index contributed by atoms with van der Waals surface area (Å²) < 4.78 is 54.0. The van der Waals surface area contributed by atoms with E-state index in [2.05, 4.69) is 0 Å². The standard InChI is InChI=1S/C13H16F4N2O2/c1-8(18)4-9-5-10(14)2-3-11(9)21-6-12(20)19-7-13(15,16)17/h2-3,5,8H,4,6-7,18H2,1H3,(H,19,20). The summed E-state index contributed by atoms with van der Waals surface area (Å²) in [5, 5.41) is 1.68. The maximum Gasteiger partial charge on any atom is 0.405 e. The molecule has 118 valence electrons. The Morgan fingerprint density at radius 2 is 2.10 bits per heavy atom.